The Labute approximate surface area is 391 Å². The third-order valence-electron chi connectivity index (χ3n) is 13.6. The van der Waals surface area contributed by atoms with Crippen LogP contribution in [-0.2, 0) is 16.2 Å². The van der Waals surface area contributed by atoms with E-state index in [-0.39, 0.29) is 69.0 Å². The van der Waals surface area contributed by atoms with Gasteiger partial charge in [0.05, 0.1) is 23.2 Å². The first-order valence-corrected chi connectivity index (χ1v) is 23.5. The number of rotatable bonds is 21. The number of non-ortho nitro benzene ring substituents is 1. The standard InChI is InChI=1S/C53H61N3O11/c1-5-23-55(52(59)38-16-21-47-48(29-38)63-33-62-47)49-31-45(54-65-32-36-14-17-39(18-15-36)56(60)61)43-28-37(11-7-9-24-57)42(12-8-10-25-58)50-44-30-41(66-40-19-13-34(3)35(4)27-40)20-22-46(44)67-53(49,51(43)50)64-26-6-2/h6,13-22,27-30,37,42,49-51,57-58H,2,5,7-12,23-26,31-33H2,1,3-4H3/t37-,42+,49-,50+,51+,53+/m0/s1. The molecule has 0 radical (unpaired) electrons. The molecule has 1 saturated carbocycles. The van der Waals surface area contributed by atoms with Crippen molar-refractivity contribution >= 4 is 17.3 Å². The summed E-state index contributed by atoms with van der Waals surface area (Å²) in [4.78, 5) is 34.2. The van der Waals surface area contributed by atoms with Crippen LogP contribution in [0.2, 0.25) is 0 Å². The number of aliphatic hydroxyl groups excluding tert-OH is 2. The molecule has 1 fully saturated rings. The zero-order chi connectivity index (χ0) is 47.1. The van der Waals surface area contributed by atoms with E-state index >= 15 is 4.79 Å². The van der Waals surface area contributed by atoms with Crippen LogP contribution in [0.15, 0.2) is 108 Å². The van der Waals surface area contributed by atoms with E-state index in [0.717, 1.165) is 47.9 Å². The predicted octanol–water partition coefficient (Wildman–Crippen LogP) is 10.1. The minimum Gasteiger partial charge on any atom is -0.459 e. The number of ether oxygens (including phenoxy) is 5. The molecule has 2 N–H and O–H groups in total. The van der Waals surface area contributed by atoms with Crippen molar-refractivity contribution in [1.29, 1.82) is 0 Å². The molecule has 0 saturated heterocycles. The second kappa shape index (κ2) is 21.2. The van der Waals surface area contributed by atoms with Crippen LogP contribution in [0.4, 0.5) is 5.69 Å². The Morgan fingerprint density at radius 2 is 1.66 bits per heavy atom. The first-order chi connectivity index (χ1) is 32.6. The Kier molecular flexibility index (Phi) is 14.9. The van der Waals surface area contributed by atoms with Crippen molar-refractivity contribution < 1.29 is 48.5 Å². The smallest absolute Gasteiger partial charge is 0.269 e. The summed E-state index contributed by atoms with van der Waals surface area (Å²) in [7, 11) is 0. The number of carbonyl (C=O) groups excluding carboxylic acids is 1. The number of unbranched alkanes of at least 4 members (excludes halogenated alkanes) is 2. The molecule has 0 spiro atoms. The highest BCUT2D eigenvalue weighted by Crippen LogP contribution is 2.62. The Balaban J connectivity index is 1.32. The van der Waals surface area contributed by atoms with E-state index in [1.54, 1.807) is 36.4 Å². The fraction of sp³-hybridized carbons (Fsp3) is 0.434. The molecule has 0 unspecified atom stereocenters. The fourth-order valence-electron chi connectivity index (χ4n) is 10.4. The van der Waals surface area contributed by atoms with Gasteiger partial charge in [-0.1, -0.05) is 43.1 Å². The summed E-state index contributed by atoms with van der Waals surface area (Å²) in [5.41, 5.74) is 5.83. The van der Waals surface area contributed by atoms with Gasteiger partial charge in [0.15, 0.2) is 11.5 Å². The lowest BCUT2D eigenvalue weighted by Gasteiger charge is -2.60. The van der Waals surface area contributed by atoms with Gasteiger partial charge in [0.1, 0.15) is 29.9 Å². The first-order valence-electron chi connectivity index (χ1n) is 23.5. The molecule has 0 bridgehead atoms. The number of fused-ring (bicyclic) bond motifs is 3. The number of aliphatic hydroxyl groups is 2. The van der Waals surface area contributed by atoms with E-state index in [9.17, 15) is 20.3 Å². The van der Waals surface area contributed by atoms with Crippen molar-refractivity contribution in [2.75, 3.05) is 33.2 Å². The maximum Gasteiger partial charge on any atom is 0.269 e. The van der Waals surface area contributed by atoms with Gasteiger partial charge >= 0.3 is 0 Å². The number of nitro groups is 1. The normalized spacial score (nSPS) is 22.8. The number of carbonyl (C=O) groups is 1. The first kappa shape index (κ1) is 47.3. The average Bonchev–Trinajstić information content (AvgIpc) is 3.81. The zero-order valence-electron chi connectivity index (χ0n) is 38.6. The van der Waals surface area contributed by atoms with Gasteiger partial charge in [-0.05, 0) is 141 Å². The van der Waals surface area contributed by atoms with Gasteiger partial charge in [-0.2, -0.15) is 0 Å². The van der Waals surface area contributed by atoms with E-state index < -0.39 is 22.7 Å². The summed E-state index contributed by atoms with van der Waals surface area (Å²) < 4.78 is 32.5. The Morgan fingerprint density at radius 3 is 2.39 bits per heavy atom. The summed E-state index contributed by atoms with van der Waals surface area (Å²) in [6.07, 6.45) is 9.21. The van der Waals surface area contributed by atoms with Crippen LogP contribution in [0.5, 0.6) is 28.7 Å². The molecule has 67 heavy (non-hydrogen) atoms. The molecule has 14 heteroatoms. The highest BCUT2D eigenvalue weighted by Gasteiger charge is 2.65. The maximum atomic E-state index is 15.2. The Hall–Kier alpha value is -6.22. The molecule has 1 amide bonds. The van der Waals surface area contributed by atoms with Crippen molar-refractivity contribution in [2.45, 2.75) is 96.5 Å². The van der Waals surface area contributed by atoms with Crippen molar-refractivity contribution in [2.24, 2.45) is 22.9 Å². The minimum absolute atomic E-state index is 0.00966. The summed E-state index contributed by atoms with van der Waals surface area (Å²) in [5, 5.41) is 36.4. The molecule has 4 aromatic carbocycles. The zero-order valence-corrected chi connectivity index (χ0v) is 38.6. The molecule has 2 aliphatic carbocycles. The van der Waals surface area contributed by atoms with Crippen LogP contribution in [0.3, 0.4) is 0 Å². The number of oxime groups is 1. The third kappa shape index (κ3) is 9.93. The summed E-state index contributed by atoms with van der Waals surface area (Å²) in [6, 6.07) is 22.6. The quantitative estimate of drug-likeness (QED) is 0.0353. The van der Waals surface area contributed by atoms with Crippen molar-refractivity contribution in [3.05, 3.63) is 141 Å². The van der Waals surface area contributed by atoms with Crippen LogP contribution < -0.4 is 18.9 Å². The molecule has 2 aliphatic heterocycles. The van der Waals surface area contributed by atoms with Crippen LogP contribution in [0, 0.1) is 41.7 Å². The van der Waals surface area contributed by atoms with Crippen molar-refractivity contribution in [3.8, 4) is 28.7 Å². The van der Waals surface area contributed by atoms with E-state index in [1.807, 2.05) is 42.2 Å². The molecule has 4 aliphatic rings. The van der Waals surface area contributed by atoms with E-state index in [4.69, 9.17) is 33.7 Å². The molecular weight excluding hydrogens is 855 g/mol. The maximum absolute atomic E-state index is 15.2. The molecule has 354 valence electrons. The van der Waals surface area contributed by atoms with E-state index in [0.29, 0.717) is 71.4 Å². The number of aryl methyl sites for hydroxylation is 2. The van der Waals surface area contributed by atoms with Gasteiger partial charge in [0, 0.05) is 55.4 Å². The number of hydrogen-bond donors (Lipinski definition) is 2. The van der Waals surface area contributed by atoms with Gasteiger partial charge in [0.25, 0.3) is 11.6 Å². The van der Waals surface area contributed by atoms with Crippen LogP contribution in [0.25, 0.3) is 0 Å². The molecule has 14 nitrogen and oxygen atoms in total. The number of benzene rings is 4. The lowest BCUT2D eigenvalue weighted by molar-refractivity contribution is -0.384. The molecular formula is C53H61N3O11. The highest BCUT2D eigenvalue weighted by molar-refractivity contribution is 6.03. The number of nitro benzene ring substituents is 1. The number of nitrogens with zero attached hydrogens (tertiary/aromatic N) is 3. The Bertz CT molecular complexity index is 2490. The number of allylic oxidation sites excluding steroid dienone is 1. The lowest BCUT2D eigenvalue weighted by Crippen LogP contribution is -2.70. The third-order valence-corrected chi connectivity index (χ3v) is 13.6. The second-order valence-corrected chi connectivity index (χ2v) is 17.9. The van der Waals surface area contributed by atoms with Gasteiger partial charge in [0.2, 0.25) is 12.6 Å². The van der Waals surface area contributed by atoms with Crippen LogP contribution in [-0.4, -0.2) is 76.6 Å². The number of amides is 1. The van der Waals surface area contributed by atoms with Gasteiger partial charge < -0.3 is 43.6 Å². The molecule has 0 aromatic heterocycles. The SMILES string of the molecule is C=CCO[C@@]12Oc3ccc(Oc4ccc(C)c(C)c4)cc3[C@H]3[C@H](CCCCO)[C@@H](CCCCO)C=C(C(=NOCc4ccc([N+](=O)[O-])cc4)C[C@@H]1N(CCC)C(=O)c1ccc4c(c1)OCO4)[C@H]32. The van der Waals surface area contributed by atoms with Crippen LogP contribution in [0.1, 0.15) is 96.8 Å². The molecule has 4 aromatic rings. The molecule has 8 rings (SSSR count). The summed E-state index contributed by atoms with van der Waals surface area (Å²) >= 11 is 0. The van der Waals surface area contributed by atoms with E-state index in [1.165, 1.54) is 12.1 Å². The van der Waals surface area contributed by atoms with Crippen molar-refractivity contribution in [1.82, 2.24) is 4.90 Å². The minimum atomic E-state index is -1.46. The topological polar surface area (TPSA) is 172 Å². The van der Waals surface area contributed by atoms with E-state index in [2.05, 4.69) is 32.6 Å². The predicted molar refractivity (Wildman–Crippen MR) is 253 cm³/mol. The van der Waals surface area contributed by atoms with Gasteiger partial charge in [-0.25, -0.2) is 0 Å². The number of hydrogen-bond acceptors (Lipinski definition) is 12. The largest absolute Gasteiger partial charge is 0.459 e. The molecule has 2 heterocycles. The van der Waals surface area contributed by atoms with Crippen molar-refractivity contribution in [3.63, 3.8) is 0 Å². The van der Waals surface area contributed by atoms with Gasteiger partial charge in [-0.3, -0.25) is 14.9 Å². The second-order valence-electron chi connectivity index (χ2n) is 17.9. The van der Waals surface area contributed by atoms with Crippen LogP contribution >= 0.6 is 0 Å². The summed E-state index contributed by atoms with van der Waals surface area (Å²) in [5.74, 6) is 0.557. The lowest BCUT2D eigenvalue weighted by atomic mass is 9.55. The highest BCUT2D eigenvalue weighted by atomic mass is 16.7. The molecule has 6 atom stereocenters. The van der Waals surface area contributed by atoms with Gasteiger partial charge in [-0.15, -0.1) is 6.58 Å². The average molecular weight is 916 g/mol. The summed E-state index contributed by atoms with van der Waals surface area (Å²) in [6.45, 7) is 10.9. The fourth-order valence-corrected chi connectivity index (χ4v) is 10.4. The Morgan fingerprint density at radius 1 is 0.925 bits per heavy atom. The monoisotopic (exact) mass is 915 g/mol.